The molecule has 7 nitrogen and oxygen atoms in total. The molecule has 0 bridgehead atoms. The fraction of sp³-hybridized carbons (Fsp3) is 0.500. The molecule has 0 aliphatic rings. The Morgan fingerprint density at radius 1 is 0.905 bits per heavy atom. The third kappa shape index (κ3) is 88.4. The molecule has 0 saturated heterocycles. The van der Waals surface area contributed by atoms with E-state index in [0.29, 0.717) is 13.2 Å². The van der Waals surface area contributed by atoms with E-state index in [1.165, 1.54) is 0 Å². The largest absolute Gasteiger partial charge is 0.481 e. The van der Waals surface area contributed by atoms with Crippen molar-refractivity contribution in [2.24, 2.45) is 0 Å². The summed E-state index contributed by atoms with van der Waals surface area (Å²) in [5.41, 5.74) is 0. The van der Waals surface area contributed by atoms with Crippen LogP contribution in [0.4, 0.5) is 0 Å². The highest BCUT2D eigenvalue weighted by molar-refractivity contribution is 7.81. The second-order valence-electron chi connectivity index (χ2n) is 2.45. The van der Waals surface area contributed by atoms with Gasteiger partial charge >= 0.3 is 11.9 Å². The highest BCUT2D eigenvalue weighted by atomic mass is 32.1. The van der Waals surface area contributed by atoms with E-state index < -0.39 is 11.9 Å². The van der Waals surface area contributed by atoms with Crippen LogP contribution in [0.3, 0.4) is 0 Å². The lowest BCUT2D eigenvalue weighted by Gasteiger charge is -1.86. The van der Waals surface area contributed by atoms with E-state index in [2.05, 4.69) is 41.8 Å². The number of carbonyl (C=O) groups is 2. The summed E-state index contributed by atoms with van der Waals surface area (Å²) in [6.07, 6.45) is 9.65. The number of hydrogen-bond donors (Lipinski definition) is 6. The maximum absolute atomic E-state index is 9.29. The summed E-state index contributed by atoms with van der Waals surface area (Å²) in [5.74, 6) is 2.64. The Morgan fingerprint density at radius 3 is 1.24 bits per heavy atom. The molecule has 122 valence electrons. The molecule has 0 rings (SSSR count). The van der Waals surface area contributed by atoms with Crippen LogP contribution in [0.1, 0.15) is 0 Å². The zero-order valence-electron chi connectivity index (χ0n) is 11.3. The van der Waals surface area contributed by atoms with E-state index >= 15 is 0 Å². The molecule has 0 spiro atoms. The van der Waals surface area contributed by atoms with Gasteiger partial charge in [-0.1, -0.05) is 11.8 Å². The number of carboxylic acid groups (broad SMARTS) is 2. The van der Waals surface area contributed by atoms with Gasteiger partial charge in [-0.25, -0.2) is 0 Å². The van der Waals surface area contributed by atoms with Gasteiger partial charge in [-0.3, -0.25) is 9.59 Å². The monoisotopic (exact) mass is 340 g/mol. The Morgan fingerprint density at radius 2 is 1.14 bits per heavy atom. The lowest BCUT2D eigenvalue weighted by atomic mass is 10.7. The molecular weight excluding hydrogens is 320 g/mol. The number of aliphatic hydroxyl groups is 2. The number of carboxylic acids is 2. The molecule has 0 aromatic heterocycles. The number of aliphatic hydroxyl groups excluding tert-OH is 2. The van der Waals surface area contributed by atoms with Crippen molar-refractivity contribution in [2.75, 3.05) is 37.9 Å². The van der Waals surface area contributed by atoms with E-state index in [9.17, 15) is 9.59 Å². The summed E-state index contributed by atoms with van der Waals surface area (Å²) in [4.78, 5) is 18.6. The minimum Gasteiger partial charge on any atom is -0.481 e. The molecule has 0 unspecified atom stereocenters. The second-order valence-corrected chi connectivity index (χ2v) is 3.08. The van der Waals surface area contributed by atoms with Gasteiger partial charge in [0.15, 0.2) is 0 Å². The number of aliphatic carboxylic acids is 2. The van der Waals surface area contributed by atoms with Crippen LogP contribution in [0.5, 0.6) is 0 Å². The van der Waals surface area contributed by atoms with Crippen molar-refractivity contribution in [3.8, 4) is 24.7 Å². The van der Waals surface area contributed by atoms with E-state index in [1.54, 1.807) is 0 Å². The van der Waals surface area contributed by atoms with Crippen molar-refractivity contribution in [3.05, 3.63) is 0 Å². The molecule has 0 aromatic carbocycles. The van der Waals surface area contributed by atoms with Gasteiger partial charge in [0, 0.05) is 0 Å². The zero-order valence-corrected chi connectivity index (χ0v) is 13.1. The van der Waals surface area contributed by atoms with Crippen LogP contribution in [0.2, 0.25) is 0 Å². The van der Waals surface area contributed by atoms with Gasteiger partial charge in [0.25, 0.3) is 0 Å². The van der Waals surface area contributed by atoms with Gasteiger partial charge in [-0.2, -0.15) is 25.3 Å². The molecule has 0 atom stereocenters. The average Bonchev–Trinajstić information content (AvgIpc) is 2.49. The first-order chi connectivity index (χ1) is 9.87. The topological polar surface area (TPSA) is 124 Å². The van der Waals surface area contributed by atoms with E-state index in [0.717, 1.165) is 0 Å². The van der Waals surface area contributed by atoms with Crippen LogP contribution in [0.15, 0.2) is 0 Å². The molecule has 9 heteroatoms. The number of hydrogen-bond acceptors (Lipinski definition) is 7. The summed E-state index contributed by atoms with van der Waals surface area (Å²) in [7, 11) is 0. The van der Waals surface area contributed by atoms with Crippen molar-refractivity contribution >= 4 is 37.2 Å². The van der Waals surface area contributed by atoms with Crippen LogP contribution in [-0.4, -0.2) is 70.3 Å². The lowest BCUT2D eigenvalue weighted by Crippen LogP contribution is -1.92. The van der Waals surface area contributed by atoms with Crippen LogP contribution in [-0.2, 0) is 14.3 Å². The summed E-state index contributed by atoms with van der Waals surface area (Å²) < 4.78 is 4.66. The highest BCUT2D eigenvalue weighted by Gasteiger charge is 1.82. The first-order valence-electron chi connectivity index (χ1n) is 5.19. The van der Waals surface area contributed by atoms with Crippen molar-refractivity contribution in [3.63, 3.8) is 0 Å². The summed E-state index contributed by atoms with van der Waals surface area (Å²) >= 11 is 6.83. The van der Waals surface area contributed by atoms with Gasteiger partial charge in [0.05, 0.1) is 24.7 Å². The van der Waals surface area contributed by atoms with Crippen LogP contribution >= 0.6 is 25.3 Å². The van der Waals surface area contributed by atoms with Gasteiger partial charge in [-0.15, -0.1) is 12.8 Å². The normalized spacial score (nSPS) is 7.14. The molecule has 21 heavy (non-hydrogen) atoms. The quantitative estimate of drug-likeness (QED) is 0.221. The Balaban J connectivity index is -0.0000000939. The van der Waals surface area contributed by atoms with Gasteiger partial charge in [-0.05, 0) is 0 Å². The van der Waals surface area contributed by atoms with Gasteiger partial charge < -0.3 is 25.2 Å². The zero-order chi connectivity index (χ0) is 17.5. The van der Waals surface area contributed by atoms with E-state index in [-0.39, 0.29) is 24.7 Å². The molecule has 0 fully saturated rings. The molecule has 0 radical (unpaired) electrons. The molecular formula is C12H20O7S2. The molecule has 0 aromatic rings. The summed E-state index contributed by atoms with van der Waals surface area (Å²) in [6.45, 7) is 0.369. The second kappa shape index (κ2) is 31.2. The third-order valence-corrected chi connectivity index (χ3v) is 1.28. The van der Waals surface area contributed by atoms with Crippen LogP contribution in [0.25, 0.3) is 0 Å². The minimum atomic E-state index is -0.881. The number of thiol groups is 2. The molecule has 0 aliphatic carbocycles. The Kier molecular flexibility index (Phi) is 41.4. The Labute approximate surface area is 135 Å². The van der Waals surface area contributed by atoms with Crippen molar-refractivity contribution in [1.82, 2.24) is 0 Å². The predicted molar refractivity (Wildman–Crippen MR) is 85.6 cm³/mol. The predicted octanol–water partition coefficient (Wildman–Crippen LogP) is -0.758. The Hall–Kier alpha value is -1.36. The number of terminal acetylenes is 2. The van der Waals surface area contributed by atoms with Crippen molar-refractivity contribution in [1.29, 1.82) is 0 Å². The average molecular weight is 340 g/mol. The molecule has 0 heterocycles. The first kappa shape index (κ1) is 27.9. The van der Waals surface area contributed by atoms with Gasteiger partial charge in [0.2, 0.25) is 0 Å². The summed E-state index contributed by atoms with van der Waals surface area (Å²) in [6, 6.07) is 0. The van der Waals surface area contributed by atoms with Crippen molar-refractivity contribution in [2.45, 2.75) is 0 Å². The molecule has 0 aliphatic heterocycles. The molecule has 0 amide bonds. The standard InChI is InChI=1S/C6H6O.2C2H4O2S.C2H6O2/c1-3-5-7-6-4-2;2*3-2(4)1-5;3-1-2-4/h1-2H,5-6H2;2*5H,1H2,(H,3,4);3-4H,1-2H2. The SMILES string of the molecule is C#CCOCC#C.O=C(O)CS.O=C(O)CS.OCCO. The van der Waals surface area contributed by atoms with Gasteiger partial charge in [0.1, 0.15) is 13.2 Å². The van der Waals surface area contributed by atoms with Crippen molar-refractivity contribution < 1.29 is 34.8 Å². The number of rotatable bonds is 5. The smallest absolute Gasteiger partial charge is 0.313 e. The van der Waals surface area contributed by atoms with E-state index in [4.69, 9.17) is 33.3 Å². The van der Waals surface area contributed by atoms with E-state index in [1.807, 2.05) is 0 Å². The molecule has 4 N–H and O–H groups in total. The fourth-order valence-corrected chi connectivity index (χ4v) is 0.169. The maximum atomic E-state index is 9.29. The number of ether oxygens (including phenoxy) is 1. The van der Waals surface area contributed by atoms with Crippen LogP contribution < -0.4 is 0 Å². The highest BCUT2D eigenvalue weighted by Crippen LogP contribution is 1.67. The molecule has 0 saturated carbocycles. The summed E-state index contributed by atoms with van der Waals surface area (Å²) in [5, 5.41) is 30.5. The minimum absolute atomic E-state index is 0.0833. The Bertz CT molecular complexity index is 278. The fourth-order valence-electron chi connectivity index (χ4n) is 0.169. The maximum Gasteiger partial charge on any atom is 0.313 e. The first-order valence-corrected chi connectivity index (χ1v) is 6.45. The van der Waals surface area contributed by atoms with Crippen LogP contribution in [0, 0.1) is 24.7 Å². The lowest BCUT2D eigenvalue weighted by molar-refractivity contribution is -0.134. The third-order valence-electron chi connectivity index (χ3n) is 0.741.